The van der Waals surface area contributed by atoms with Crippen LogP contribution in [0.5, 0.6) is 0 Å². The lowest BCUT2D eigenvalue weighted by atomic mass is 10.0. The third-order valence-corrected chi connectivity index (χ3v) is 3.32. The molecule has 1 heterocycles. The lowest BCUT2D eigenvalue weighted by Gasteiger charge is -2.20. The summed E-state index contributed by atoms with van der Waals surface area (Å²) in [6.07, 6.45) is 2.15. The molecule has 0 aliphatic carbocycles. The van der Waals surface area contributed by atoms with Crippen molar-refractivity contribution in [1.29, 1.82) is 0 Å². The number of carbonyl (C=O) groups is 1. The average Bonchev–Trinajstić information content (AvgIpc) is 2.17. The van der Waals surface area contributed by atoms with Crippen molar-refractivity contribution in [2.24, 2.45) is 0 Å². The molecule has 0 amide bonds. The molecule has 1 aromatic carbocycles. The number of benzene rings is 1. The van der Waals surface area contributed by atoms with Crippen molar-refractivity contribution in [3.05, 3.63) is 35.4 Å². The summed E-state index contributed by atoms with van der Waals surface area (Å²) in [5, 5.41) is 0.0787. The first-order valence-electron chi connectivity index (χ1n) is 4.06. The van der Waals surface area contributed by atoms with Crippen LogP contribution < -0.4 is 0 Å². The Bertz CT molecular complexity index is 296. The van der Waals surface area contributed by atoms with E-state index in [1.54, 1.807) is 11.8 Å². The number of fused-ring (bicyclic) bond motifs is 1. The molecule has 0 radical (unpaired) electrons. The third-order valence-electron chi connectivity index (χ3n) is 2.15. The highest BCUT2D eigenvalue weighted by atomic mass is 32.2. The van der Waals surface area contributed by atoms with Crippen LogP contribution in [0.25, 0.3) is 0 Å². The van der Waals surface area contributed by atoms with Gasteiger partial charge in [0, 0.05) is 0 Å². The van der Waals surface area contributed by atoms with Crippen LogP contribution in [-0.4, -0.2) is 12.0 Å². The molecule has 2 rings (SSSR count). The van der Waals surface area contributed by atoms with E-state index in [9.17, 15) is 4.79 Å². The van der Waals surface area contributed by atoms with Crippen molar-refractivity contribution in [2.75, 3.05) is 5.75 Å². The molecule has 2 heteroatoms. The van der Waals surface area contributed by atoms with Gasteiger partial charge in [-0.15, -0.1) is 11.8 Å². The number of carbonyl (C=O) groups excluding carboxylic acids is 1. The van der Waals surface area contributed by atoms with Gasteiger partial charge in [-0.25, -0.2) is 0 Å². The molecule has 0 spiro atoms. The number of aryl methyl sites for hydroxylation is 1. The van der Waals surface area contributed by atoms with Crippen LogP contribution in [0.1, 0.15) is 16.4 Å². The normalized spacial score (nSPS) is 21.5. The van der Waals surface area contributed by atoms with Gasteiger partial charge < -0.3 is 4.79 Å². The molecular weight excluding hydrogens is 168 g/mol. The van der Waals surface area contributed by atoms with E-state index in [0.29, 0.717) is 0 Å². The molecule has 0 bridgehead atoms. The highest BCUT2D eigenvalue weighted by molar-refractivity contribution is 8.00. The second-order valence-corrected chi connectivity index (χ2v) is 4.13. The molecule has 1 unspecified atom stereocenters. The van der Waals surface area contributed by atoms with Crippen molar-refractivity contribution in [3.8, 4) is 0 Å². The summed E-state index contributed by atoms with van der Waals surface area (Å²) < 4.78 is 0. The van der Waals surface area contributed by atoms with Gasteiger partial charge in [0.15, 0.2) is 0 Å². The Balaban J connectivity index is 2.43. The van der Waals surface area contributed by atoms with E-state index in [-0.39, 0.29) is 5.25 Å². The van der Waals surface area contributed by atoms with E-state index in [2.05, 4.69) is 12.1 Å². The number of hydrogen-bond donors (Lipinski definition) is 0. The van der Waals surface area contributed by atoms with Gasteiger partial charge >= 0.3 is 0 Å². The lowest BCUT2D eigenvalue weighted by Crippen LogP contribution is -2.08. The number of rotatable bonds is 1. The summed E-state index contributed by atoms with van der Waals surface area (Å²) >= 11 is 1.74. The fourth-order valence-corrected chi connectivity index (χ4v) is 2.62. The zero-order valence-corrected chi connectivity index (χ0v) is 7.51. The van der Waals surface area contributed by atoms with Crippen molar-refractivity contribution < 1.29 is 4.79 Å². The maximum atomic E-state index is 10.7. The Kier molecular flexibility index (Phi) is 2.17. The van der Waals surface area contributed by atoms with Gasteiger partial charge in [0.05, 0.1) is 5.25 Å². The summed E-state index contributed by atoms with van der Waals surface area (Å²) in [4.78, 5) is 10.7. The second-order valence-electron chi connectivity index (χ2n) is 2.88. The fourth-order valence-electron chi connectivity index (χ4n) is 1.54. The zero-order valence-electron chi connectivity index (χ0n) is 6.69. The maximum absolute atomic E-state index is 10.7. The predicted molar refractivity (Wildman–Crippen MR) is 51.4 cm³/mol. The summed E-state index contributed by atoms with van der Waals surface area (Å²) in [6.45, 7) is 0. The molecule has 12 heavy (non-hydrogen) atoms. The molecule has 62 valence electrons. The van der Waals surface area contributed by atoms with E-state index in [1.165, 1.54) is 11.1 Å². The zero-order chi connectivity index (χ0) is 8.39. The molecule has 0 fully saturated rings. The Hall–Kier alpha value is -0.760. The van der Waals surface area contributed by atoms with Gasteiger partial charge in [0.1, 0.15) is 6.29 Å². The maximum Gasteiger partial charge on any atom is 0.137 e. The number of hydrogen-bond acceptors (Lipinski definition) is 2. The van der Waals surface area contributed by atoms with Crippen LogP contribution in [0.3, 0.4) is 0 Å². The number of thioether (sulfide) groups is 1. The minimum atomic E-state index is 0.0787. The van der Waals surface area contributed by atoms with Crippen LogP contribution in [0.2, 0.25) is 0 Å². The van der Waals surface area contributed by atoms with E-state index < -0.39 is 0 Å². The van der Waals surface area contributed by atoms with Crippen LogP contribution >= 0.6 is 11.8 Å². The molecular formula is C10H10OS. The number of aldehydes is 1. The first-order chi connectivity index (χ1) is 5.92. The molecule has 1 nitrogen and oxygen atoms in total. The van der Waals surface area contributed by atoms with Gasteiger partial charge in [-0.05, 0) is 23.3 Å². The minimum absolute atomic E-state index is 0.0787. The molecule has 1 aromatic rings. The van der Waals surface area contributed by atoms with Gasteiger partial charge in [0.25, 0.3) is 0 Å². The molecule has 0 saturated heterocycles. The van der Waals surface area contributed by atoms with Crippen molar-refractivity contribution in [3.63, 3.8) is 0 Å². The van der Waals surface area contributed by atoms with Crippen LogP contribution in [0.15, 0.2) is 24.3 Å². The van der Waals surface area contributed by atoms with E-state index in [1.807, 2.05) is 12.1 Å². The van der Waals surface area contributed by atoms with Crippen molar-refractivity contribution >= 4 is 18.0 Å². The second kappa shape index (κ2) is 3.31. The SMILES string of the molecule is O=CC1SCCc2ccccc21. The first kappa shape index (κ1) is 7.87. The molecule has 0 N–H and O–H groups in total. The highest BCUT2D eigenvalue weighted by Gasteiger charge is 2.18. The van der Waals surface area contributed by atoms with E-state index >= 15 is 0 Å². The summed E-state index contributed by atoms with van der Waals surface area (Å²) in [5.41, 5.74) is 2.55. The van der Waals surface area contributed by atoms with E-state index in [4.69, 9.17) is 0 Å². The molecule has 0 aromatic heterocycles. The third kappa shape index (κ3) is 1.27. The summed E-state index contributed by atoms with van der Waals surface area (Å²) in [7, 11) is 0. The van der Waals surface area contributed by atoms with Crippen LogP contribution in [-0.2, 0) is 11.2 Å². The minimum Gasteiger partial charge on any atom is -0.302 e. The molecule has 1 aliphatic rings. The predicted octanol–water partition coefficient (Wildman–Crippen LogP) is 2.22. The average molecular weight is 178 g/mol. The quantitative estimate of drug-likeness (QED) is 0.613. The van der Waals surface area contributed by atoms with Crippen molar-refractivity contribution in [1.82, 2.24) is 0 Å². The van der Waals surface area contributed by atoms with Gasteiger partial charge in [-0.1, -0.05) is 24.3 Å². The topological polar surface area (TPSA) is 17.1 Å². The van der Waals surface area contributed by atoms with Crippen LogP contribution in [0, 0.1) is 0 Å². The summed E-state index contributed by atoms with van der Waals surface area (Å²) in [6, 6.07) is 8.21. The molecule has 0 saturated carbocycles. The first-order valence-corrected chi connectivity index (χ1v) is 5.11. The van der Waals surface area contributed by atoms with Gasteiger partial charge in [0.2, 0.25) is 0 Å². The van der Waals surface area contributed by atoms with Gasteiger partial charge in [-0.2, -0.15) is 0 Å². The summed E-state index contributed by atoms with van der Waals surface area (Å²) in [5.74, 6) is 1.07. The standard InChI is InChI=1S/C10H10OS/c11-7-10-9-4-2-1-3-8(9)5-6-12-10/h1-4,7,10H,5-6H2. The van der Waals surface area contributed by atoms with E-state index in [0.717, 1.165) is 18.5 Å². The van der Waals surface area contributed by atoms with Gasteiger partial charge in [-0.3, -0.25) is 0 Å². The van der Waals surface area contributed by atoms with Crippen LogP contribution in [0.4, 0.5) is 0 Å². The monoisotopic (exact) mass is 178 g/mol. The Morgan fingerprint density at radius 2 is 2.25 bits per heavy atom. The fraction of sp³-hybridized carbons (Fsp3) is 0.300. The largest absolute Gasteiger partial charge is 0.302 e. The molecule has 1 aliphatic heterocycles. The Morgan fingerprint density at radius 1 is 1.42 bits per heavy atom. The highest BCUT2D eigenvalue weighted by Crippen LogP contribution is 2.34. The Morgan fingerprint density at radius 3 is 3.08 bits per heavy atom. The van der Waals surface area contributed by atoms with Crippen molar-refractivity contribution in [2.45, 2.75) is 11.7 Å². The Labute approximate surface area is 76.2 Å². The lowest BCUT2D eigenvalue weighted by molar-refractivity contribution is -0.107. The smallest absolute Gasteiger partial charge is 0.137 e. The molecule has 1 atom stereocenters.